The van der Waals surface area contributed by atoms with Crippen molar-refractivity contribution in [3.8, 4) is 22.8 Å². The summed E-state index contributed by atoms with van der Waals surface area (Å²) in [7, 11) is 2.91. The van der Waals surface area contributed by atoms with Crippen molar-refractivity contribution in [2.45, 2.75) is 12.8 Å². The van der Waals surface area contributed by atoms with Crippen LogP contribution in [-0.4, -0.2) is 25.0 Å². The zero-order valence-corrected chi connectivity index (χ0v) is 17.3. The van der Waals surface area contributed by atoms with E-state index in [9.17, 15) is 9.59 Å². The van der Waals surface area contributed by atoms with Crippen LogP contribution in [0.3, 0.4) is 0 Å². The van der Waals surface area contributed by atoms with Crippen molar-refractivity contribution in [2.24, 2.45) is 0 Å². The van der Waals surface area contributed by atoms with Gasteiger partial charge in [0.15, 0.2) is 5.78 Å². The van der Waals surface area contributed by atoms with E-state index in [1.165, 1.54) is 20.3 Å². The maximum atomic E-state index is 12.6. The highest BCUT2D eigenvalue weighted by Gasteiger charge is 2.21. The minimum atomic E-state index is -0.579. The quantitative estimate of drug-likeness (QED) is 0.494. The Kier molecular flexibility index (Phi) is 6.25. The van der Waals surface area contributed by atoms with E-state index in [0.29, 0.717) is 34.4 Å². The second-order valence-electron chi connectivity index (χ2n) is 6.12. The maximum Gasteiger partial charge on any atom is 0.344 e. The number of benzene rings is 1. The molecule has 0 spiro atoms. The van der Waals surface area contributed by atoms with Gasteiger partial charge in [-0.3, -0.25) is 9.78 Å². The summed E-state index contributed by atoms with van der Waals surface area (Å²) in [5, 5.41) is 1.26. The van der Waals surface area contributed by atoms with Crippen LogP contribution >= 0.6 is 23.2 Å². The second-order valence-corrected chi connectivity index (χ2v) is 6.87. The molecule has 8 heteroatoms. The van der Waals surface area contributed by atoms with Crippen LogP contribution in [0.1, 0.15) is 12.1 Å². The molecule has 0 bridgehead atoms. The Hall–Kier alpha value is -2.83. The molecule has 0 saturated carbocycles. The predicted octanol–water partition coefficient (Wildman–Crippen LogP) is 4.87. The molecule has 0 amide bonds. The number of ether oxygens (including phenoxy) is 2. The molecule has 29 heavy (non-hydrogen) atoms. The monoisotopic (exact) mass is 433 g/mol. The fourth-order valence-corrected chi connectivity index (χ4v) is 3.53. The molecule has 3 rings (SSSR count). The number of methoxy groups -OCH3 is 2. The molecule has 1 aromatic carbocycles. The lowest BCUT2D eigenvalue weighted by atomic mass is 10.1. The average molecular weight is 434 g/mol. The van der Waals surface area contributed by atoms with Gasteiger partial charge < -0.3 is 13.9 Å². The lowest BCUT2D eigenvalue weighted by Crippen LogP contribution is -2.04. The van der Waals surface area contributed by atoms with Crippen LogP contribution in [0.5, 0.6) is 11.5 Å². The summed E-state index contributed by atoms with van der Waals surface area (Å²) in [6.45, 7) is 3.44. The minimum absolute atomic E-state index is 0.0921. The van der Waals surface area contributed by atoms with Crippen molar-refractivity contribution in [1.29, 1.82) is 0 Å². The average Bonchev–Trinajstić information content (AvgIpc) is 2.72. The number of hydrogen-bond donors (Lipinski definition) is 0. The highest BCUT2D eigenvalue weighted by Crippen LogP contribution is 2.46. The first-order valence-electron chi connectivity index (χ1n) is 8.58. The molecule has 0 aliphatic rings. The first-order chi connectivity index (χ1) is 13.9. The molecule has 3 aromatic rings. The van der Waals surface area contributed by atoms with E-state index in [0.717, 1.165) is 0 Å². The number of aromatic nitrogens is 1. The second kappa shape index (κ2) is 8.68. The highest BCUT2D eigenvalue weighted by atomic mass is 35.5. The normalized spacial score (nSPS) is 10.8. The number of halogens is 2. The van der Waals surface area contributed by atoms with Crippen molar-refractivity contribution in [3.63, 3.8) is 0 Å². The number of fused-ring (bicyclic) bond motifs is 1. The van der Waals surface area contributed by atoms with Gasteiger partial charge in [0.25, 0.3) is 0 Å². The fourth-order valence-electron chi connectivity index (χ4n) is 2.84. The van der Waals surface area contributed by atoms with Gasteiger partial charge in [0.1, 0.15) is 17.3 Å². The molecule has 6 nitrogen and oxygen atoms in total. The molecule has 0 radical (unpaired) electrons. The first kappa shape index (κ1) is 20.9. The summed E-state index contributed by atoms with van der Waals surface area (Å²) in [4.78, 5) is 28.4. The number of rotatable bonds is 7. The molecule has 0 aliphatic heterocycles. The lowest BCUT2D eigenvalue weighted by Gasteiger charge is -2.14. The Labute approximate surface area is 176 Å². The maximum absolute atomic E-state index is 12.6. The molecule has 0 fully saturated rings. The van der Waals surface area contributed by atoms with Crippen LogP contribution in [-0.2, 0) is 11.2 Å². The van der Waals surface area contributed by atoms with Gasteiger partial charge in [0, 0.05) is 29.8 Å². The molecular formula is C21H17Cl2NO5. The van der Waals surface area contributed by atoms with E-state index in [1.54, 1.807) is 24.4 Å². The van der Waals surface area contributed by atoms with Gasteiger partial charge in [0.2, 0.25) is 0 Å². The van der Waals surface area contributed by atoms with Crippen molar-refractivity contribution >= 4 is 39.8 Å². The van der Waals surface area contributed by atoms with Crippen LogP contribution in [0, 0.1) is 0 Å². The van der Waals surface area contributed by atoms with E-state index in [-0.39, 0.29) is 33.6 Å². The predicted molar refractivity (Wildman–Crippen MR) is 112 cm³/mol. The van der Waals surface area contributed by atoms with Crippen LogP contribution in [0.15, 0.2) is 46.3 Å². The minimum Gasteiger partial charge on any atom is -0.495 e. The Bertz CT molecular complexity index is 1140. The van der Waals surface area contributed by atoms with E-state index in [2.05, 4.69) is 11.6 Å². The van der Waals surface area contributed by atoms with Crippen LogP contribution in [0.25, 0.3) is 22.1 Å². The molecule has 2 heterocycles. The summed E-state index contributed by atoms with van der Waals surface area (Å²) >= 11 is 12.8. The third-order valence-corrected chi connectivity index (χ3v) is 5.13. The molecule has 0 aliphatic carbocycles. The van der Waals surface area contributed by atoms with Gasteiger partial charge in [-0.25, -0.2) is 4.79 Å². The highest BCUT2D eigenvalue weighted by molar-refractivity contribution is 6.41. The van der Waals surface area contributed by atoms with Crippen LogP contribution in [0.2, 0.25) is 10.0 Å². The van der Waals surface area contributed by atoms with E-state index in [1.807, 2.05) is 0 Å². The number of carbonyl (C=O) groups is 1. The topological polar surface area (TPSA) is 78.6 Å². The Morgan fingerprint density at radius 3 is 2.41 bits per heavy atom. The number of carbonyl (C=O) groups excluding carboxylic acids is 1. The number of nitrogens with zero attached hydrogens (tertiary/aromatic N) is 1. The summed E-state index contributed by atoms with van der Waals surface area (Å²) in [6.07, 6.45) is 3.47. The fraction of sp³-hybridized carbons (Fsp3) is 0.190. The number of pyridine rings is 1. The summed E-state index contributed by atoms with van der Waals surface area (Å²) in [5.41, 5.74) is 0.307. The van der Waals surface area contributed by atoms with E-state index >= 15 is 0 Å². The number of allylic oxidation sites excluding steroid dienone is 1. The van der Waals surface area contributed by atoms with Crippen LogP contribution < -0.4 is 15.1 Å². The zero-order chi connectivity index (χ0) is 21.1. The van der Waals surface area contributed by atoms with E-state index in [4.69, 9.17) is 37.1 Å². The van der Waals surface area contributed by atoms with Crippen molar-refractivity contribution < 1.29 is 18.7 Å². The third-order valence-electron chi connectivity index (χ3n) is 4.38. The standard InChI is InChI=1S/C21H17Cl2NO5/c1-4-13(25)6-5-12-8-14-11(10-24-12)7-15(29-21(14)26)18-19(22)16(27-2)9-17(28-3)20(18)23/h4,7-10H,1,5-6H2,2-3H3. The van der Waals surface area contributed by atoms with Gasteiger partial charge in [-0.2, -0.15) is 0 Å². The summed E-state index contributed by atoms with van der Waals surface area (Å²) in [6, 6.07) is 4.77. The molecule has 0 unspecified atom stereocenters. The smallest absolute Gasteiger partial charge is 0.344 e. The number of aryl methyl sites for hydroxylation is 1. The zero-order valence-electron chi connectivity index (χ0n) is 15.8. The van der Waals surface area contributed by atoms with Gasteiger partial charge in [-0.1, -0.05) is 29.8 Å². The van der Waals surface area contributed by atoms with Gasteiger partial charge in [-0.15, -0.1) is 0 Å². The SMILES string of the molecule is C=CC(=O)CCc1cc2c(=O)oc(-c3c(Cl)c(OC)cc(OC)c3Cl)cc2cn1. The molecular weight excluding hydrogens is 417 g/mol. The largest absolute Gasteiger partial charge is 0.495 e. The van der Waals surface area contributed by atoms with Crippen molar-refractivity contribution in [3.05, 3.63) is 63.2 Å². The van der Waals surface area contributed by atoms with Gasteiger partial charge >= 0.3 is 5.63 Å². The van der Waals surface area contributed by atoms with Crippen molar-refractivity contribution in [1.82, 2.24) is 4.98 Å². The van der Waals surface area contributed by atoms with Gasteiger partial charge in [0.05, 0.1) is 35.2 Å². The molecule has 0 saturated heterocycles. The first-order valence-corrected chi connectivity index (χ1v) is 9.33. The Morgan fingerprint density at radius 1 is 1.17 bits per heavy atom. The Balaban J connectivity index is 2.12. The van der Waals surface area contributed by atoms with E-state index < -0.39 is 5.63 Å². The molecule has 2 aromatic heterocycles. The van der Waals surface area contributed by atoms with Gasteiger partial charge in [-0.05, 0) is 24.6 Å². The van der Waals surface area contributed by atoms with Crippen LogP contribution in [0.4, 0.5) is 0 Å². The lowest BCUT2D eigenvalue weighted by molar-refractivity contribution is -0.114. The molecule has 0 atom stereocenters. The molecule has 0 N–H and O–H groups in total. The Morgan fingerprint density at radius 2 is 1.83 bits per heavy atom. The third kappa shape index (κ3) is 4.13. The molecule has 150 valence electrons. The van der Waals surface area contributed by atoms with Crippen molar-refractivity contribution in [2.75, 3.05) is 14.2 Å². The number of hydrogen-bond acceptors (Lipinski definition) is 6. The summed E-state index contributed by atoms with van der Waals surface area (Å²) in [5.74, 6) is 0.716. The number of ketones is 1. The summed E-state index contributed by atoms with van der Waals surface area (Å²) < 4.78 is 16.0.